The lowest BCUT2D eigenvalue weighted by atomic mass is 9.97. The molecule has 0 spiro atoms. The quantitative estimate of drug-likeness (QED) is 0.242. The number of hydrogen-bond donors (Lipinski definition) is 0. The van der Waals surface area contributed by atoms with Gasteiger partial charge >= 0.3 is 23.7 Å². The fourth-order valence-electron chi connectivity index (χ4n) is 2.64. The fraction of sp³-hybridized carbons (Fsp3) is 0.450. The fourth-order valence-corrected chi connectivity index (χ4v) is 3.64. The molecule has 8 nitrogen and oxygen atoms in total. The maximum absolute atomic E-state index is 14.2. The minimum absolute atomic E-state index is 0.119. The highest BCUT2D eigenvalue weighted by molar-refractivity contribution is 7.95. The first-order valence-corrected chi connectivity index (χ1v) is 11.7. The molecule has 2 heterocycles. The van der Waals surface area contributed by atoms with Crippen LogP contribution in [-0.4, -0.2) is 62.6 Å². The van der Waals surface area contributed by atoms with Crippen molar-refractivity contribution in [3.63, 3.8) is 0 Å². The van der Waals surface area contributed by atoms with Crippen molar-refractivity contribution < 1.29 is 43.5 Å². The Hall–Kier alpha value is -3.24. The number of allylic oxidation sites excluding steroid dienone is 1. The van der Waals surface area contributed by atoms with Gasteiger partial charge in [0.2, 0.25) is 0 Å². The number of alkyl halides is 8. The van der Waals surface area contributed by atoms with E-state index >= 15 is 0 Å². The van der Waals surface area contributed by atoms with Crippen LogP contribution in [0.25, 0.3) is 5.57 Å². The number of halogens is 8. The highest BCUT2D eigenvalue weighted by Gasteiger charge is 2.80. The third-order valence-corrected chi connectivity index (χ3v) is 6.73. The minimum Gasteiger partial charge on any atom is -0.256 e. The predicted octanol–water partition coefficient (Wildman–Crippen LogP) is 4.42. The normalized spacial score (nSPS) is 14.7. The minimum atomic E-state index is -6.56. The van der Waals surface area contributed by atoms with Gasteiger partial charge in [-0.25, -0.2) is 13.4 Å². The zero-order chi connectivity index (χ0) is 28.6. The monoisotopic (exact) mass is 560 g/mol. The van der Waals surface area contributed by atoms with Crippen LogP contribution in [0.1, 0.15) is 38.0 Å². The highest BCUT2D eigenvalue weighted by Crippen LogP contribution is 2.55. The number of aliphatic imine (C=N–C) groups is 1. The van der Waals surface area contributed by atoms with E-state index in [1.54, 1.807) is 7.05 Å². The second-order valence-corrected chi connectivity index (χ2v) is 9.99. The molecule has 0 aliphatic carbocycles. The maximum Gasteiger partial charge on any atom is 0.384 e. The van der Waals surface area contributed by atoms with E-state index in [-0.39, 0.29) is 17.6 Å². The van der Waals surface area contributed by atoms with Crippen LogP contribution in [0.3, 0.4) is 0 Å². The van der Waals surface area contributed by atoms with E-state index in [0.717, 1.165) is 6.20 Å². The summed E-state index contributed by atoms with van der Waals surface area (Å²) in [5, 5.41) is 9.93. The molecule has 0 aliphatic heterocycles. The Balaban J connectivity index is 2.50. The van der Waals surface area contributed by atoms with E-state index in [0.29, 0.717) is 6.07 Å². The molecule has 0 saturated heterocycles. The largest absolute Gasteiger partial charge is 0.384 e. The third-order valence-electron chi connectivity index (χ3n) is 4.95. The van der Waals surface area contributed by atoms with Gasteiger partial charge < -0.3 is 0 Å². The maximum atomic E-state index is 14.2. The van der Waals surface area contributed by atoms with Crippen molar-refractivity contribution in [3.05, 3.63) is 53.4 Å². The average molecular weight is 560 g/mol. The molecule has 0 aromatic carbocycles. The number of rotatable bonds is 10. The SMILES string of the molecule is C=C(/C(=C\N=C(/C)c1ncn(C)n1)S(=O)(=O)CC)c1ccc(C(F)(F)C(F)(F)C(F)(F)C(C)(F)F)nn1. The summed E-state index contributed by atoms with van der Waals surface area (Å²) < 4.78 is 136. The molecule has 0 radical (unpaired) electrons. The summed E-state index contributed by atoms with van der Waals surface area (Å²) >= 11 is 0. The molecule has 2 aromatic heterocycles. The summed E-state index contributed by atoms with van der Waals surface area (Å²) in [5.41, 5.74) is -2.86. The summed E-state index contributed by atoms with van der Waals surface area (Å²) in [4.78, 5) is 7.34. The van der Waals surface area contributed by atoms with E-state index < -0.39 is 68.1 Å². The lowest BCUT2D eigenvalue weighted by Gasteiger charge is -2.34. The predicted molar refractivity (Wildman–Crippen MR) is 116 cm³/mol. The van der Waals surface area contributed by atoms with Gasteiger partial charge in [0.05, 0.1) is 22.1 Å². The van der Waals surface area contributed by atoms with Gasteiger partial charge in [-0.2, -0.15) is 40.2 Å². The van der Waals surface area contributed by atoms with E-state index in [4.69, 9.17) is 0 Å². The Bertz CT molecular complexity index is 1330. The molecular weight excluding hydrogens is 540 g/mol. The van der Waals surface area contributed by atoms with E-state index in [1.807, 2.05) is 0 Å². The topological polar surface area (TPSA) is 103 Å². The molecule has 0 bridgehead atoms. The molecule has 37 heavy (non-hydrogen) atoms. The van der Waals surface area contributed by atoms with Gasteiger partial charge in [0.1, 0.15) is 12.0 Å². The van der Waals surface area contributed by atoms with Crippen molar-refractivity contribution in [2.75, 3.05) is 5.75 Å². The molecule has 0 atom stereocenters. The zero-order valence-electron chi connectivity index (χ0n) is 19.7. The second-order valence-electron chi connectivity index (χ2n) is 7.75. The zero-order valence-corrected chi connectivity index (χ0v) is 20.5. The van der Waals surface area contributed by atoms with Gasteiger partial charge in [0.15, 0.2) is 15.7 Å². The number of aryl methyl sites for hydroxylation is 1. The van der Waals surface area contributed by atoms with Gasteiger partial charge in [-0.05, 0) is 19.1 Å². The van der Waals surface area contributed by atoms with Crippen molar-refractivity contribution in [3.8, 4) is 0 Å². The van der Waals surface area contributed by atoms with Crippen LogP contribution in [0.15, 0.2) is 41.1 Å². The molecule has 0 N–H and O–H groups in total. The lowest BCUT2D eigenvalue weighted by molar-refractivity contribution is -0.367. The van der Waals surface area contributed by atoms with Gasteiger partial charge in [0.25, 0.3) is 0 Å². The van der Waals surface area contributed by atoms with Crippen molar-refractivity contribution >= 4 is 21.1 Å². The molecule has 0 fully saturated rings. The Labute approximate surface area is 205 Å². The third kappa shape index (κ3) is 5.55. The summed E-state index contributed by atoms with van der Waals surface area (Å²) in [6.45, 7) is 5.59. The van der Waals surface area contributed by atoms with E-state index in [1.165, 1.54) is 24.9 Å². The number of hydrogen-bond acceptors (Lipinski definition) is 7. The number of nitrogens with zero attached hydrogens (tertiary/aromatic N) is 6. The van der Waals surface area contributed by atoms with Crippen LogP contribution < -0.4 is 0 Å². The van der Waals surface area contributed by atoms with E-state index in [2.05, 4.69) is 31.9 Å². The van der Waals surface area contributed by atoms with Crippen molar-refractivity contribution in [2.45, 2.75) is 44.5 Å². The Kier molecular flexibility index (Phi) is 8.03. The molecule has 17 heteroatoms. The lowest BCUT2D eigenvalue weighted by Crippen LogP contribution is -2.60. The Morgan fingerprint density at radius 2 is 1.68 bits per heavy atom. The summed E-state index contributed by atoms with van der Waals surface area (Å²) in [7, 11) is -2.51. The second kappa shape index (κ2) is 9.90. The first kappa shape index (κ1) is 30.0. The summed E-state index contributed by atoms with van der Waals surface area (Å²) in [6, 6.07) is 0.667. The molecule has 0 unspecified atom stereocenters. The molecule has 204 valence electrons. The Morgan fingerprint density at radius 1 is 1.08 bits per heavy atom. The average Bonchev–Trinajstić information content (AvgIpc) is 3.24. The van der Waals surface area contributed by atoms with Crippen LogP contribution >= 0.6 is 0 Å². The summed E-state index contributed by atoms with van der Waals surface area (Å²) in [5.74, 6) is -24.7. The smallest absolute Gasteiger partial charge is 0.256 e. The highest BCUT2D eigenvalue weighted by atomic mass is 32.2. The van der Waals surface area contributed by atoms with Gasteiger partial charge in [-0.1, -0.05) is 13.5 Å². The molecule has 2 rings (SSSR count). The molecule has 0 saturated carbocycles. The molecule has 0 aliphatic rings. The van der Waals surface area contributed by atoms with Crippen molar-refractivity contribution in [1.82, 2.24) is 25.0 Å². The van der Waals surface area contributed by atoms with E-state index in [9.17, 15) is 43.5 Å². The van der Waals surface area contributed by atoms with Crippen LogP contribution in [-0.2, 0) is 22.8 Å². The molecule has 2 aromatic rings. The van der Waals surface area contributed by atoms with Gasteiger partial charge in [-0.3, -0.25) is 9.67 Å². The Morgan fingerprint density at radius 3 is 2.11 bits per heavy atom. The number of aromatic nitrogens is 5. The van der Waals surface area contributed by atoms with Gasteiger partial charge in [0, 0.05) is 25.7 Å². The van der Waals surface area contributed by atoms with Crippen LogP contribution in [0.4, 0.5) is 35.1 Å². The van der Waals surface area contributed by atoms with Crippen molar-refractivity contribution in [1.29, 1.82) is 0 Å². The van der Waals surface area contributed by atoms with Gasteiger partial charge in [-0.15, -0.1) is 10.2 Å². The molecular formula is C20H20F8N6O2S. The van der Waals surface area contributed by atoms with Crippen LogP contribution in [0.5, 0.6) is 0 Å². The molecule has 0 amide bonds. The first-order chi connectivity index (χ1) is 16.7. The summed E-state index contributed by atoms with van der Waals surface area (Å²) in [6.07, 6.45) is 2.21. The number of sulfone groups is 1. The van der Waals surface area contributed by atoms with Crippen LogP contribution in [0, 0.1) is 0 Å². The first-order valence-electron chi connectivity index (χ1n) is 10.1. The van der Waals surface area contributed by atoms with Crippen LogP contribution in [0.2, 0.25) is 0 Å². The van der Waals surface area contributed by atoms with Crippen molar-refractivity contribution in [2.24, 2.45) is 12.0 Å². The standard InChI is InChI=1S/C20H20F8N6O2S/c1-6-37(35,36)14(9-29-12(3)16-30-10-34(5)33-16)11(2)13-7-8-15(32-31-13)18(23,24)20(27,28)19(25,26)17(4,21)22/h7-10H,2,6H2,1,3-5H3/b14-9+,29-12+.